The van der Waals surface area contributed by atoms with E-state index < -0.39 is 0 Å². The van der Waals surface area contributed by atoms with Crippen molar-refractivity contribution in [3.8, 4) is 17.5 Å². The quantitative estimate of drug-likeness (QED) is 0.554. The number of nitrogens with zero attached hydrogens (tertiary/aromatic N) is 6. The summed E-state index contributed by atoms with van der Waals surface area (Å²) in [6, 6.07) is 13.2. The normalized spacial score (nSPS) is 11.0. The lowest BCUT2D eigenvalue weighted by molar-refractivity contribution is 0.763. The molecule has 0 unspecified atom stereocenters. The van der Waals surface area contributed by atoms with Crippen molar-refractivity contribution in [3.63, 3.8) is 0 Å². The zero-order valence-corrected chi connectivity index (χ0v) is 14.9. The van der Waals surface area contributed by atoms with Crippen LogP contribution >= 0.6 is 11.6 Å². The number of rotatable bonds is 4. The molecule has 0 spiro atoms. The molecular formula is C19H15ClN6. The number of imidazole rings is 2. The van der Waals surface area contributed by atoms with Crippen molar-refractivity contribution in [2.24, 2.45) is 0 Å². The second kappa shape index (κ2) is 6.62. The fourth-order valence-corrected chi connectivity index (χ4v) is 3.21. The monoisotopic (exact) mass is 362 g/mol. The molecule has 26 heavy (non-hydrogen) atoms. The third-order valence-electron chi connectivity index (χ3n) is 4.24. The summed E-state index contributed by atoms with van der Waals surface area (Å²) in [5.74, 6) is 0.798. The van der Waals surface area contributed by atoms with Gasteiger partial charge < -0.3 is 4.57 Å². The van der Waals surface area contributed by atoms with Crippen LogP contribution in [0.3, 0.4) is 0 Å². The molecule has 0 saturated heterocycles. The Labute approximate surface area is 155 Å². The molecule has 3 heterocycles. The second-order valence-electron chi connectivity index (χ2n) is 5.86. The summed E-state index contributed by atoms with van der Waals surface area (Å²) in [6.45, 7) is 2.64. The van der Waals surface area contributed by atoms with E-state index in [0.29, 0.717) is 17.3 Å². The maximum atomic E-state index is 9.13. The van der Waals surface area contributed by atoms with E-state index in [-0.39, 0.29) is 0 Å². The van der Waals surface area contributed by atoms with Crippen molar-refractivity contribution >= 4 is 17.2 Å². The first-order valence-electron chi connectivity index (χ1n) is 8.24. The largest absolute Gasteiger partial charge is 0.325 e. The summed E-state index contributed by atoms with van der Waals surface area (Å²) in [6.07, 6.45) is 4.46. The predicted octanol–water partition coefficient (Wildman–Crippen LogP) is 3.73. The molecule has 3 aromatic heterocycles. The SMILES string of the molecule is CCc1c(Cn2ccnc2-c2cccc(C#N)c2)nc2ccc(Cl)nn12. The molecule has 0 saturated carbocycles. The van der Waals surface area contributed by atoms with E-state index in [4.69, 9.17) is 21.8 Å². The summed E-state index contributed by atoms with van der Waals surface area (Å²) in [7, 11) is 0. The van der Waals surface area contributed by atoms with E-state index in [9.17, 15) is 0 Å². The minimum Gasteiger partial charge on any atom is -0.325 e. The topological polar surface area (TPSA) is 71.8 Å². The molecule has 128 valence electrons. The molecule has 0 atom stereocenters. The smallest absolute Gasteiger partial charge is 0.154 e. The van der Waals surface area contributed by atoms with Gasteiger partial charge in [0, 0.05) is 18.0 Å². The zero-order chi connectivity index (χ0) is 18.1. The Morgan fingerprint density at radius 3 is 2.92 bits per heavy atom. The molecule has 4 aromatic rings. The Balaban J connectivity index is 1.76. The van der Waals surface area contributed by atoms with Gasteiger partial charge in [0.25, 0.3) is 0 Å². The van der Waals surface area contributed by atoms with Gasteiger partial charge >= 0.3 is 0 Å². The number of aromatic nitrogens is 5. The van der Waals surface area contributed by atoms with Gasteiger partial charge in [0.2, 0.25) is 0 Å². The van der Waals surface area contributed by atoms with Crippen LogP contribution in [0.25, 0.3) is 17.0 Å². The first-order chi connectivity index (χ1) is 12.7. The molecule has 0 amide bonds. The number of hydrogen-bond donors (Lipinski definition) is 0. The molecule has 0 radical (unpaired) electrons. The zero-order valence-electron chi connectivity index (χ0n) is 14.1. The number of fused-ring (bicyclic) bond motifs is 1. The van der Waals surface area contributed by atoms with Crippen LogP contribution in [-0.4, -0.2) is 24.1 Å². The molecule has 0 fully saturated rings. The number of nitriles is 1. The highest BCUT2D eigenvalue weighted by Crippen LogP contribution is 2.21. The third kappa shape index (κ3) is 2.83. The lowest BCUT2D eigenvalue weighted by Crippen LogP contribution is -2.05. The molecule has 0 bridgehead atoms. The number of aryl methyl sites for hydroxylation is 1. The molecule has 0 aliphatic carbocycles. The van der Waals surface area contributed by atoms with Crippen molar-refractivity contribution < 1.29 is 0 Å². The molecule has 4 rings (SSSR count). The average molecular weight is 363 g/mol. The molecule has 0 N–H and O–H groups in total. The Hall–Kier alpha value is -3.17. The van der Waals surface area contributed by atoms with Crippen LogP contribution in [0.2, 0.25) is 5.15 Å². The average Bonchev–Trinajstić information content (AvgIpc) is 3.25. The third-order valence-corrected chi connectivity index (χ3v) is 4.44. The standard InChI is InChI=1S/C19H15ClN6/c1-2-16-15(23-18-7-6-17(20)24-26(16)18)12-25-9-8-22-19(25)14-5-3-4-13(10-14)11-21/h3-10H,2,12H2,1H3. The van der Waals surface area contributed by atoms with E-state index >= 15 is 0 Å². The summed E-state index contributed by atoms with van der Waals surface area (Å²) >= 11 is 6.03. The van der Waals surface area contributed by atoms with Gasteiger partial charge in [-0.05, 0) is 30.7 Å². The summed E-state index contributed by atoms with van der Waals surface area (Å²) in [5, 5.41) is 13.9. The molecular weight excluding hydrogens is 348 g/mol. The predicted molar refractivity (Wildman–Crippen MR) is 98.9 cm³/mol. The van der Waals surface area contributed by atoms with Gasteiger partial charge in [0.05, 0.1) is 29.6 Å². The Bertz CT molecular complexity index is 1130. The van der Waals surface area contributed by atoms with E-state index in [1.807, 2.05) is 35.0 Å². The van der Waals surface area contributed by atoms with Gasteiger partial charge in [-0.1, -0.05) is 30.7 Å². The minimum absolute atomic E-state index is 0.438. The molecule has 1 aromatic carbocycles. The Kier molecular flexibility index (Phi) is 4.15. The van der Waals surface area contributed by atoms with Crippen LogP contribution in [0.5, 0.6) is 0 Å². The molecule has 0 aliphatic heterocycles. The molecule has 6 nitrogen and oxygen atoms in total. The Morgan fingerprint density at radius 2 is 2.12 bits per heavy atom. The van der Waals surface area contributed by atoms with Gasteiger partial charge in [0.15, 0.2) is 5.65 Å². The van der Waals surface area contributed by atoms with Crippen LogP contribution in [0.15, 0.2) is 48.8 Å². The highest BCUT2D eigenvalue weighted by Gasteiger charge is 2.15. The van der Waals surface area contributed by atoms with Gasteiger partial charge in [-0.25, -0.2) is 14.5 Å². The highest BCUT2D eigenvalue weighted by atomic mass is 35.5. The Morgan fingerprint density at radius 1 is 1.23 bits per heavy atom. The van der Waals surface area contributed by atoms with E-state index in [0.717, 1.165) is 34.8 Å². The number of benzene rings is 1. The van der Waals surface area contributed by atoms with Gasteiger partial charge in [0.1, 0.15) is 11.0 Å². The van der Waals surface area contributed by atoms with Crippen LogP contribution < -0.4 is 0 Å². The number of halogens is 1. The van der Waals surface area contributed by atoms with Crippen LogP contribution in [0.4, 0.5) is 0 Å². The first-order valence-corrected chi connectivity index (χ1v) is 8.62. The fraction of sp³-hybridized carbons (Fsp3) is 0.158. The maximum Gasteiger partial charge on any atom is 0.154 e. The van der Waals surface area contributed by atoms with Crippen molar-refractivity contribution in [1.82, 2.24) is 24.1 Å². The highest BCUT2D eigenvalue weighted by molar-refractivity contribution is 6.29. The van der Waals surface area contributed by atoms with Crippen LogP contribution in [-0.2, 0) is 13.0 Å². The fourth-order valence-electron chi connectivity index (χ4n) is 3.07. The van der Waals surface area contributed by atoms with E-state index in [1.54, 1.807) is 22.8 Å². The van der Waals surface area contributed by atoms with Crippen molar-refractivity contribution in [2.75, 3.05) is 0 Å². The van der Waals surface area contributed by atoms with Crippen molar-refractivity contribution in [3.05, 3.63) is 70.9 Å². The van der Waals surface area contributed by atoms with E-state index in [1.165, 1.54) is 0 Å². The van der Waals surface area contributed by atoms with Gasteiger partial charge in [-0.15, -0.1) is 0 Å². The second-order valence-corrected chi connectivity index (χ2v) is 6.24. The van der Waals surface area contributed by atoms with Crippen molar-refractivity contribution in [2.45, 2.75) is 19.9 Å². The molecule has 0 aliphatic rings. The minimum atomic E-state index is 0.438. The summed E-state index contributed by atoms with van der Waals surface area (Å²) < 4.78 is 3.82. The maximum absolute atomic E-state index is 9.13. The lowest BCUT2D eigenvalue weighted by Gasteiger charge is -2.08. The first kappa shape index (κ1) is 16.3. The van der Waals surface area contributed by atoms with E-state index in [2.05, 4.69) is 23.1 Å². The van der Waals surface area contributed by atoms with Crippen LogP contribution in [0, 0.1) is 11.3 Å². The molecule has 7 heteroatoms. The summed E-state index contributed by atoms with van der Waals surface area (Å²) in [4.78, 5) is 9.17. The van der Waals surface area contributed by atoms with Gasteiger partial charge in [-0.3, -0.25) is 0 Å². The van der Waals surface area contributed by atoms with Crippen LogP contribution in [0.1, 0.15) is 23.9 Å². The van der Waals surface area contributed by atoms with Crippen molar-refractivity contribution in [1.29, 1.82) is 5.26 Å². The summed E-state index contributed by atoms with van der Waals surface area (Å²) in [5.41, 5.74) is 4.23. The van der Waals surface area contributed by atoms with Gasteiger partial charge in [-0.2, -0.15) is 10.4 Å². The lowest BCUT2D eigenvalue weighted by atomic mass is 10.1. The number of hydrogen-bond acceptors (Lipinski definition) is 4.